The molecule has 1 saturated heterocycles. The van der Waals surface area contributed by atoms with Crippen molar-refractivity contribution in [2.45, 2.75) is 18.9 Å². The van der Waals surface area contributed by atoms with Gasteiger partial charge in [0.05, 0.1) is 7.11 Å². The summed E-state index contributed by atoms with van der Waals surface area (Å²) >= 11 is 0. The van der Waals surface area contributed by atoms with Gasteiger partial charge >= 0.3 is 0 Å². The predicted molar refractivity (Wildman–Crippen MR) is 97.5 cm³/mol. The molecule has 0 radical (unpaired) electrons. The van der Waals surface area contributed by atoms with Crippen LogP contribution in [0, 0.1) is 0 Å². The van der Waals surface area contributed by atoms with E-state index >= 15 is 0 Å². The molecule has 1 aromatic heterocycles. The molecule has 0 aliphatic carbocycles. The summed E-state index contributed by atoms with van der Waals surface area (Å²) in [6.45, 7) is 1.81. The number of rotatable bonds is 8. The van der Waals surface area contributed by atoms with E-state index in [2.05, 4.69) is 31.4 Å². The first-order valence-electron chi connectivity index (χ1n) is 8.37. The summed E-state index contributed by atoms with van der Waals surface area (Å²) in [5.74, 6) is 2.51. The lowest BCUT2D eigenvalue weighted by Crippen LogP contribution is -2.35. The van der Waals surface area contributed by atoms with Crippen molar-refractivity contribution in [3.8, 4) is 11.5 Å². The smallest absolute Gasteiger partial charge is 0.229 e. The van der Waals surface area contributed by atoms with Gasteiger partial charge in [-0.15, -0.1) is 0 Å². The van der Waals surface area contributed by atoms with Crippen LogP contribution < -0.4 is 31.0 Å². The van der Waals surface area contributed by atoms with Crippen LogP contribution in [-0.2, 0) is 0 Å². The molecule has 1 aliphatic heterocycles. The van der Waals surface area contributed by atoms with Crippen LogP contribution in [0.2, 0.25) is 0 Å². The fraction of sp³-hybridized carbons (Fsp3) is 0.412. The minimum Gasteiger partial charge on any atom is -0.493 e. The van der Waals surface area contributed by atoms with E-state index in [1.165, 1.54) is 6.42 Å². The molecule has 2 heterocycles. The van der Waals surface area contributed by atoms with Crippen molar-refractivity contribution in [2.75, 3.05) is 37.9 Å². The van der Waals surface area contributed by atoms with Gasteiger partial charge in [0, 0.05) is 37.6 Å². The molecule has 0 saturated carbocycles. The number of hydroxylamine groups is 1. The first-order chi connectivity index (χ1) is 12.3. The Morgan fingerprint density at radius 2 is 2.20 bits per heavy atom. The fourth-order valence-electron chi connectivity index (χ4n) is 2.67. The molecule has 0 spiro atoms. The average molecular weight is 344 g/mol. The zero-order valence-electron chi connectivity index (χ0n) is 14.5. The molecule has 134 valence electrons. The quantitative estimate of drug-likeness (QED) is 0.540. The Labute approximate surface area is 147 Å². The average Bonchev–Trinajstić information content (AvgIpc) is 3.16. The third-order valence-electron chi connectivity index (χ3n) is 4.01. The normalized spacial score (nSPS) is 16.5. The summed E-state index contributed by atoms with van der Waals surface area (Å²) in [4.78, 5) is 14.3. The number of ether oxygens (including phenoxy) is 1. The van der Waals surface area contributed by atoms with Crippen molar-refractivity contribution in [1.29, 1.82) is 0 Å². The second-order valence-electron chi connectivity index (χ2n) is 5.75. The van der Waals surface area contributed by atoms with E-state index in [0.29, 0.717) is 23.5 Å². The Kier molecular flexibility index (Phi) is 5.86. The third-order valence-corrected chi connectivity index (χ3v) is 4.01. The molecule has 1 atom stereocenters. The largest absolute Gasteiger partial charge is 0.493 e. The van der Waals surface area contributed by atoms with Crippen LogP contribution in [0.5, 0.6) is 11.5 Å². The van der Waals surface area contributed by atoms with Crippen molar-refractivity contribution in [2.24, 2.45) is 0 Å². The molecule has 8 nitrogen and oxygen atoms in total. The maximum absolute atomic E-state index is 5.71. The van der Waals surface area contributed by atoms with Crippen LogP contribution in [-0.4, -0.2) is 43.3 Å². The molecule has 1 aliphatic rings. The number of hydrogen-bond acceptors (Lipinski definition) is 8. The molecule has 0 unspecified atom stereocenters. The standard InChI is InChI=1S/C17H24N6O2/c1-18-16-7-9-20-17(23-16)22-12-5-6-14(24-2)15(10-12)25-21-11-13-4-3-8-19-13/h5-7,9-10,13,19,21H,3-4,8,11H2,1-2H3,(H2,18,20,22,23)/t13-/m0/s1. The van der Waals surface area contributed by atoms with E-state index in [0.717, 1.165) is 31.0 Å². The van der Waals surface area contributed by atoms with Gasteiger partial charge in [0.1, 0.15) is 5.82 Å². The van der Waals surface area contributed by atoms with Crippen molar-refractivity contribution in [1.82, 2.24) is 20.8 Å². The molecular weight excluding hydrogens is 320 g/mol. The van der Waals surface area contributed by atoms with Crippen molar-refractivity contribution >= 4 is 17.5 Å². The van der Waals surface area contributed by atoms with E-state index in [1.54, 1.807) is 19.4 Å². The molecule has 4 N–H and O–H groups in total. The summed E-state index contributed by atoms with van der Waals surface area (Å²) in [5, 5.41) is 9.57. The van der Waals surface area contributed by atoms with E-state index in [9.17, 15) is 0 Å². The maximum atomic E-state index is 5.71. The second kappa shape index (κ2) is 8.50. The monoisotopic (exact) mass is 344 g/mol. The summed E-state index contributed by atoms with van der Waals surface area (Å²) < 4.78 is 5.36. The Bertz CT molecular complexity index is 691. The van der Waals surface area contributed by atoms with Crippen LogP contribution >= 0.6 is 0 Å². The van der Waals surface area contributed by atoms with Crippen LogP contribution in [0.4, 0.5) is 17.5 Å². The van der Waals surface area contributed by atoms with Gasteiger partial charge in [-0.3, -0.25) is 0 Å². The van der Waals surface area contributed by atoms with E-state index in [-0.39, 0.29) is 0 Å². The second-order valence-corrected chi connectivity index (χ2v) is 5.75. The predicted octanol–water partition coefficient (Wildman–Crippen LogP) is 1.91. The van der Waals surface area contributed by atoms with Gasteiger partial charge < -0.3 is 25.5 Å². The van der Waals surface area contributed by atoms with E-state index in [4.69, 9.17) is 9.57 Å². The Hall–Kier alpha value is -2.58. The molecule has 25 heavy (non-hydrogen) atoms. The minimum absolute atomic E-state index is 0.449. The third kappa shape index (κ3) is 4.71. The highest BCUT2D eigenvalue weighted by atomic mass is 16.7. The summed E-state index contributed by atoms with van der Waals surface area (Å²) in [6.07, 6.45) is 4.06. The van der Waals surface area contributed by atoms with Gasteiger partial charge in [-0.05, 0) is 37.6 Å². The molecule has 0 amide bonds. The molecule has 8 heteroatoms. The fourth-order valence-corrected chi connectivity index (χ4v) is 2.67. The van der Waals surface area contributed by atoms with Gasteiger partial charge in [0.25, 0.3) is 0 Å². The number of nitrogens with zero attached hydrogens (tertiary/aromatic N) is 2. The first-order valence-corrected chi connectivity index (χ1v) is 8.37. The topological polar surface area (TPSA) is 92.4 Å². The van der Waals surface area contributed by atoms with Gasteiger partial charge in [0.15, 0.2) is 11.5 Å². The van der Waals surface area contributed by atoms with Crippen molar-refractivity contribution in [3.63, 3.8) is 0 Å². The number of aromatic nitrogens is 2. The number of methoxy groups -OCH3 is 1. The summed E-state index contributed by atoms with van der Waals surface area (Å²) in [6, 6.07) is 7.83. The Morgan fingerprint density at radius 1 is 1.28 bits per heavy atom. The minimum atomic E-state index is 0.449. The molecular formula is C17H24N6O2. The van der Waals surface area contributed by atoms with Gasteiger partial charge in [-0.1, -0.05) is 0 Å². The SMILES string of the molecule is CNc1ccnc(Nc2ccc(OC)c(ONC[C@@H]3CCCN3)c2)n1. The molecule has 0 bridgehead atoms. The number of nitrogens with one attached hydrogen (secondary N) is 4. The Morgan fingerprint density at radius 3 is 2.96 bits per heavy atom. The lowest BCUT2D eigenvalue weighted by Gasteiger charge is -2.15. The van der Waals surface area contributed by atoms with Crippen LogP contribution in [0.15, 0.2) is 30.5 Å². The first kappa shape index (κ1) is 17.2. The Balaban J connectivity index is 1.65. The highest BCUT2D eigenvalue weighted by Crippen LogP contribution is 2.30. The summed E-state index contributed by atoms with van der Waals surface area (Å²) in [7, 11) is 3.43. The van der Waals surface area contributed by atoms with E-state index in [1.807, 2.05) is 25.2 Å². The zero-order chi connectivity index (χ0) is 17.5. The maximum Gasteiger partial charge on any atom is 0.229 e. The van der Waals surface area contributed by atoms with Crippen LogP contribution in [0.3, 0.4) is 0 Å². The molecule has 2 aromatic rings. The van der Waals surface area contributed by atoms with Crippen LogP contribution in [0.1, 0.15) is 12.8 Å². The zero-order valence-corrected chi connectivity index (χ0v) is 14.5. The van der Waals surface area contributed by atoms with Gasteiger partial charge in [-0.25, -0.2) is 4.98 Å². The lowest BCUT2D eigenvalue weighted by atomic mass is 10.2. The van der Waals surface area contributed by atoms with Gasteiger partial charge in [0.2, 0.25) is 5.95 Å². The van der Waals surface area contributed by atoms with E-state index < -0.39 is 0 Å². The number of anilines is 3. The number of benzene rings is 1. The lowest BCUT2D eigenvalue weighted by molar-refractivity contribution is 0.178. The molecule has 3 rings (SSSR count). The van der Waals surface area contributed by atoms with Gasteiger partial charge in [-0.2, -0.15) is 10.5 Å². The molecule has 1 fully saturated rings. The highest BCUT2D eigenvalue weighted by Gasteiger charge is 2.14. The van der Waals surface area contributed by atoms with Crippen molar-refractivity contribution in [3.05, 3.63) is 30.5 Å². The molecule has 1 aromatic carbocycles. The highest BCUT2D eigenvalue weighted by molar-refractivity contribution is 5.60. The van der Waals surface area contributed by atoms with Crippen LogP contribution in [0.25, 0.3) is 0 Å². The summed E-state index contributed by atoms with van der Waals surface area (Å²) in [5.41, 5.74) is 3.83. The number of hydrogen-bond donors (Lipinski definition) is 4. The van der Waals surface area contributed by atoms with Crippen molar-refractivity contribution < 1.29 is 9.57 Å².